The fourth-order valence-electron chi connectivity index (χ4n) is 3.62. The van der Waals surface area contributed by atoms with E-state index in [1.54, 1.807) is 0 Å². The highest BCUT2D eigenvalue weighted by molar-refractivity contribution is 7.99. The van der Waals surface area contributed by atoms with Crippen LogP contribution in [0.5, 0.6) is 0 Å². The minimum Gasteiger partial charge on any atom is -0.395 e. The van der Waals surface area contributed by atoms with Gasteiger partial charge in [0.1, 0.15) is 6.10 Å². The fourth-order valence-corrected chi connectivity index (χ4v) is 4.31. The standard InChI is InChI=1S/C19H31N7O4S/c1-3-5-6-20-16-13-17(23-19(22-16)31-9-4-2)26(25-24-13)12-10-11(14(28)15(12)29)18(30)21-7-8-27/h11-12,14-15,27-29H,3-10H2,1-2H3,(H,21,30)(H,20,22,23)/t11-,12?,14?,15?/m0/s1. The lowest BCUT2D eigenvalue weighted by molar-refractivity contribution is -0.129. The molecule has 3 rings (SSSR count). The van der Waals surface area contributed by atoms with Crippen molar-refractivity contribution in [2.75, 3.05) is 30.8 Å². The van der Waals surface area contributed by atoms with Crippen LogP contribution < -0.4 is 10.6 Å². The van der Waals surface area contributed by atoms with Gasteiger partial charge >= 0.3 is 0 Å². The van der Waals surface area contributed by atoms with Gasteiger partial charge in [-0.05, 0) is 19.3 Å². The number of aliphatic hydroxyl groups excluding tert-OH is 3. The lowest BCUT2D eigenvalue weighted by Crippen LogP contribution is -2.39. The number of rotatable bonds is 11. The molecular formula is C19H31N7O4S. The van der Waals surface area contributed by atoms with Crippen LogP contribution in [0.1, 0.15) is 45.6 Å². The van der Waals surface area contributed by atoms with Crippen molar-refractivity contribution >= 4 is 34.7 Å². The van der Waals surface area contributed by atoms with Gasteiger partial charge in [0.25, 0.3) is 0 Å². The van der Waals surface area contributed by atoms with Crippen LogP contribution in [0.3, 0.4) is 0 Å². The second kappa shape index (κ2) is 11.0. The number of nitrogens with one attached hydrogen (secondary N) is 2. The topological polar surface area (TPSA) is 158 Å². The van der Waals surface area contributed by atoms with Crippen LogP contribution in [0.15, 0.2) is 5.16 Å². The van der Waals surface area contributed by atoms with Crippen molar-refractivity contribution < 1.29 is 20.1 Å². The molecule has 11 nitrogen and oxygen atoms in total. The minimum atomic E-state index is -1.25. The summed E-state index contributed by atoms with van der Waals surface area (Å²) in [7, 11) is 0. The summed E-state index contributed by atoms with van der Waals surface area (Å²) in [6.07, 6.45) is 0.721. The van der Waals surface area contributed by atoms with Crippen molar-refractivity contribution in [2.45, 2.75) is 62.9 Å². The van der Waals surface area contributed by atoms with Crippen molar-refractivity contribution in [3.05, 3.63) is 0 Å². The SMILES string of the molecule is CCCCNc1nc(SCCC)nc2c1nnn2C1C[C@H](C(=O)NCCO)C(O)C1O. The highest BCUT2D eigenvalue weighted by Crippen LogP contribution is 2.37. The molecule has 1 saturated carbocycles. The van der Waals surface area contributed by atoms with E-state index in [2.05, 4.69) is 44.8 Å². The fraction of sp³-hybridized carbons (Fsp3) is 0.737. The zero-order chi connectivity index (χ0) is 22.4. The first-order chi connectivity index (χ1) is 15.0. The lowest BCUT2D eigenvalue weighted by atomic mass is 10.0. The van der Waals surface area contributed by atoms with E-state index in [1.807, 2.05) is 0 Å². The van der Waals surface area contributed by atoms with Crippen LogP contribution in [-0.2, 0) is 4.79 Å². The molecule has 31 heavy (non-hydrogen) atoms. The van der Waals surface area contributed by atoms with Crippen molar-refractivity contribution in [3.63, 3.8) is 0 Å². The number of aromatic nitrogens is 5. The van der Waals surface area contributed by atoms with Gasteiger partial charge in [-0.3, -0.25) is 4.79 Å². The Morgan fingerprint density at radius 2 is 2.00 bits per heavy atom. The Kier molecular flexibility index (Phi) is 8.41. The average molecular weight is 454 g/mol. The summed E-state index contributed by atoms with van der Waals surface area (Å²) < 4.78 is 1.49. The van der Waals surface area contributed by atoms with Gasteiger partial charge in [-0.15, -0.1) is 5.10 Å². The smallest absolute Gasteiger partial charge is 0.225 e. The van der Waals surface area contributed by atoms with Crippen LogP contribution in [-0.4, -0.2) is 83.8 Å². The predicted octanol–water partition coefficient (Wildman–Crippen LogP) is 0.327. The van der Waals surface area contributed by atoms with Gasteiger partial charge < -0.3 is 26.0 Å². The number of hydrogen-bond donors (Lipinski definition) is 5. The molecule has 3 unspecified atom stereocenters. The number of hydrogen-bond acceptors (Lipinski definition) is 10. The number of carbonyl (C=O) groups is 1. The number of unbranched alkanes of at least 4 members (excludes halogenated alkanes) is 1. The maximum absolute atomic E-state index is 12.3. The van der Waals surface area contributed by atoms with Crippen molar-refractivity contribution in [1.29, 1.82) is 0 Å². The van der Waals surface area contributed by atoms with E-state index >= 15 is 0 Å². The van der Waals surface area contributed by atoms with Gasteiger partial charge in [0, 0.05) is 18.8 Å². The van der Waals surface area contributed by atoms with Gasteiger partial charge in [-0.25, -0.2) is 14.6 Å². The number of nitrogens with zero attached hydrogens (tertiary/aromatic N) is 5. The van der Waals surface area contributed by atoms with E-state index in [4.69, 9.17) is 5.11 Å². The zero-order valence-corrected chi connectivity index (χ0v) is 18.7. The Hall–Kier alpha value is -2.02. The first-order valence-electron chi connectivity index (χ1n) is 10.8. The normalized spacial score (nSPS) is 23.4. The quantitative estimate of drug-likeness (QED) is 0.182. The molecule has 172 valence electrons. The minimum absolute atomic E-state index is 0.0904. The van der Waals surface area contributed by atoms with E-state index in [-0.39, 0.29) is 19.6 Å². The molecule has 1 amide bonds. The maximum Gasteiger partial charge on any atom is 0.225 e. The first-order valence-corrected chi connectivity index (χ1v) is 11.7. The number of aliphatic hydroxyl groups is 3. The number of fused-ring (bicyclic) bond motifs is 1. The summed E-state index contributed by atoms with van der Waals surface area (Å²) in [6.45, 7) is 4.82. The summed E-state index contributed by atoms with van der Waals surface area (Å²) in [6, 6.07) is -0.660. The predicted molar refractivity (Wildman–Crippen MR) is 117 cm³/mol. The van der Waals surface area contributed by atoms with E-state index in [1.165, 1.54) is 16.4 Å². The number of carbonyl (C=O) groups excluding carboxylic acids is 1. The van der Waals surface area contributed by atoms with Crippen LogP contribution in [0, 0.1) is 5.92 Å². The molecule has 5 N–H and O–H groups in total. The third-order valence-corrected chi connectivity index (χ3v) is 6.33. The van der Waals surface area contributed by atoms with E-state index in [9.17, 15) is 15.0 Å². The number of thioether (sulfide) groups is 1. The number of anilines is 1. The van der Waals surface area contributed by atoms with Crippen molar-refractivity contribution in [3.8, 4) is 0 Å². The first kappa shape index (κ1) is 23.6. The molecule has 4 atom stereocenters. The Morgan fingerprint density at radius 3 is 2.71 bits per heavy atom. The molecule has 0 aromatic carbocycles. The molecule has 0 aliphatic heterocycles. The Labute approximate surface area is 185 Å². The molecular weight excluding hydrogens is 422 g/mol. The van der Waals surface area contributed by atoms with E-state index in [0.717, 1.165) is 31.6 Å². The Balaban J connectivity index is 1.92. The van der Waals surface area contributed by atoms with Gasteiger partial charge in [0.05, 0.1) is 24.7 Å². The molecule has 1 aliphatic carbocycles. The molecule has 12 heteroatoms. The monoisotopic (exact) mass is 453 g/mol. The van der Waals surface area contributed by atoms with Crippen LogP contribution >= 0.6 is 11.8 Å². The highest BCUT2D eigenvalue weighted by Gasteiger charge is 2.47. The zero-order valence-electron chi connectivity index (χ0n) is 17.9. The largest absolute Gasteiger partial charge is 0.395 e. The molecule has 1 fully saturated rings. The van der Waals surface area contributed by atoms with Gasteiger partial charge in [-0.2, -0.15) is 0 Å². The van der Waals surface area contributed by atoms with Gasteiger partial charge in [0.2, 0.25) is 5.91 Å². The van der Waals surface area contributed by atoms with Gasteiger partial charge in [-0.1, -0.05) is 37.2 Å². The molecule has 1 aliphatic rings. The molecule has 2 aromatic heterocycles. The lowest BCUT2D eigenvalue weighted by Gasteiger charge is -2.17. The van der Waals surface area contributed by atoms with E-state index < -0.39 is 30.1 Å². The third kappa shape index (κ3) is 5.25. The number of amides is 1. The molecule has 0 bridgehead atoms. The summed E-state index contributed by atoms with van der Waals surface area (Å²) in [5.74, 6) is 0.222. The second-order valence-corrected chi connectivity index (χ2v) is 8.66. The van der Waals surface area contributed by atoms with E-state index in [0.29, 0.717) is 22.1 Å². The summed E-state index contributed by atoms with van der Waals surface area (Å²) >= 11 is 1.53. The summed E-state index contributed by atoms with van der Waals surface area (Å²) in [5, 5.41) is 44.9. The summed E-state index contributed by atoms with van der Waals surface area (Å²) in [5.41, 5.74) is 0.951. The highest BCUT2D eigenvalue weighted by atomic mass is 32.2. The molecule has 2 heterocycles. The average Bonchev–Trinajstić information content (AvgIpc) is 3.32. The van der Waals surface area contributed by atoms with Crippen molar-refractivity contribution in [2.24, 2.45) is 5.92 Å². The third-order valence-electron chi connectivity index (χ3n) is 5.28. The molecule has 0 radical (unpaired) electrons. The molecule has 2 aromatic rings. The van der Waals surface area contributed by atoms with Crippen LogP contribution in [0.2, 0.25) is 0 Å². The Morgan fingerprint density at radius 1 is 1.19 bits per heavy atom. The van der Waals surface area contributed by atoms with Crippen LogP contribution in [0.25, 0.3) is 11.2 Å². The molecule has 0 saturated heterocycles. The molecule has 0 spiro atoms. The second-order valence-electron chi connectivity index (χ2n) is 7.60. The van der Waals surface area contributed by atoms with Crippen LogP contribution in [0.4, 0.5) is 5.82 Å². The maximum atomic E-state index is 12.3. The Bertz CT molecular complexity index is 880. The summed E-state index contributed by atoms with van der Waals surface area (Å²) in [4.78, 5) is 21.5. The van der Waals surface area contributed by atoms with Crippen molar-refractivity contribution in [1.82, 2.24) is 30.3 Å². The van der Waals surface area contributed by atoms with Gasteiger partial charge in [0.15, 0.2) is 22.1 Å².